The molecule has 1 aliphatic rings. The molecule has 10 heteroatoms. The second-order valence-electron chi connectivity index (χ2n) is 2.90. The first-order valence-corrected chi connectivity index (χ1v) is 4.11. The number of hydrogen-bond acceptors (Lipinski definition) is 10. The second-order valence-corrected chi connectivity index (χ2v) is 2.90. The first-order valence-electron chi connectivity index (χ1n) is 4.11. The molecule has 1 fully saturated rings. The lowest BCUT2D eigenvalue weighted by Crippen LogP contribution is -2.32. The van der Waals surface area contributed by atoms with Crippen LogP contribution in [0, 0.1) is 20.8 Å². The van der Waals surface area contributed by atoms with Gasteiger partial charge in [-0.05, 0) is 6.42 Å². The molecular formula is C5H10N4O6-4. The molecule has 0 spiro atoms. The van der Waals surface area contributed by atoms with Crippen LogP contribution in [0.4, 0.5) is 0 Å². The van der Waals surface area contributed by atoms with Crippen molar-refractivity contribution < 1.29 is 9.88 Å². The Bertz CT molecular complexity index is 194. The highest BCUT2D eigenvalue weighted by molar-refractivity contribution is 4.74. The molecule has 0 N–H and O–H groups in total. The van der Waals surface area contributed by atoms with Gasteiger partial charge in [0.1, 0.15) is 0 Å². The lowest BCUT2D eigenvalue weighted by atomic mass is 10.2. The predicted octanol–water partition coefficient (Wildman–Crippen LogP) is -0.719. The summed E-state index contributed by atoms with van der Waals surface area (Å²) in [5.41, 5.74) is 0. The Morgan fingerprint density at radius 3 is 2.60 bits per heavy atom. The summed E-state index contributed by atoms with van der Waals surface area (Å²) in [7, 11) is 1.00. The molecule has 0 aliphatic carbocycles. The van der Waals surface area contributed by atoms with Crippen LogP contribution in [0.2, 0.25) is 0 Å². The van der Waals surface area contributed by atoms with E-state index in [0.717, 1.165) is 7.05 Å². The number of rotatable bonds is 5. The summed E-state index contributed by atoms with van der Waals surface area (Å²) in [5.74, 6) is 0. The number of hydroxylamine groups is 8. The van der Waals surface area contributed by atoms with E-state index in [-0.39, 0.29) is 40.4 Å². The van der Waals surface area contributed by atoms with Crippen molar-refractivity contribution >= 4 is 0 Å². The molecule has 10 nitrogen and oxygen atoms in total. The van der Waals surface area contributed by atoms with E-state index in [1.54, 1.807) is 0 Å². The first-order chi connectivity index (χ1) is 6.99. The highest BCUT2D eigenvalue weighted by atomic mass is 17.1. The largest absolute Gasteiger partial charge is 0.761 e. The van der Waals surface area contributed by atoms with Crippen molar-refractivity contribution in [2.75, 3.05) is 20.1 Å². The van der Waals surface area contributed by atoms with E-state index < -0.39 is 6.04 Å². The molecule has 1 aliphatic heterocycles. The molecule has 0 amide bonds. The summed E-state index contributed by atoms with van der Waals surface area (Å²) in [6.07, 6.45) is 0.0551. The fraction of sp³-hybridized carbons (Fsp3) is 1.00. The Hall–Kier alpha value is -0.400. The minimum Gasteiger partial charge on any atom is -0.761 e. The predicted molar refractivity (Wildman–Crippen MR) is 47.1 cm³/mol. The van der Waals surface area contributed by atoms with Crippen molar-refractivity contribution in [3.8, 4) is 0 Å². The monoisotopic (exact) mass is 222 g/mol. The van der Waals surface area contributed by atoms with Crippen molar-refractivity contribution in [1.82, 2.24) is 20.9 Å². The number of nitrogens with zero attached hydrogens (tertiary/aromatic N) is 4. The van der Waals surface area contributed by atoms with Gasteiger partial charge in [0.25, 0.3) is 0 Å². The lowest BCUT2D eigenvalue weighted by molar-refractivity contribution is -0.271. The Morgan fingerprint density at radius 2 is 2.13 bits per heavy atom. The molecular weight excluding hydrogens is 212 g/mol. The molecule has 90 valence electrons. The van der Waals surface area contributed by atoms with Crippen LogP contribution in [0.3, 0.4) is 0 Å². The van der Waals surface area contributed by atoms with E-state index in [4.69, 9.17) is 0 Å². The third kappa shape index (κ3) is 4.31. The van der Waals surface area contributed by atoms with Crippen LogP contribution in [-0.4, -0.2) is 47.1 Å². The quantitative estimate of drug-likeness (QED) is 0.550. The third-order valence-corrected chi connectivity index (χ3v) is 1.68. The Kier molecular flexibility index (Phi) is 4.75. The van der Waals surface area contributed by atoms with Crippen molar-refractivity contribution in [2.45, 2.75) is 12.5 Å². The van der Waals surface area contributed by atoms with Crippen LogP contribution in [-0.2, 0) is 9.88 Å². The smallest absolute Gasteiger partial charge is 0.0391 e. The minimum absolute atomic E-state index is 0.0208. The van der Waals surface area contributed by atoms with Gasteiger partial charge in [-0.3, -0.25) is 0 Å². The van der Waals surface area contributed by atoms with Gasteiger partial charge in [-0.15, -0.1) is 0 Å². The van der Waals surface area contributed by atoms with E-state index in [9.17, 15) is 20.8 Å². The average molecular weight is 222 g/mol. The summed E-state index contributed by atoms with van der Waals surface area (Å²) in [4.78, 5) is 8.18. The minimum atomic E-state index is -0.737. The Balaban J connectivity index is 2.19. The second kappa shape index (κ2) is 5.62. The maximum absolute atomic E-state index is 10.8. The molecule has 1 heterocycles. The van der Waals surface area contributed by atoms with Crippen LogP contribution in [0.25, 0.3) is 0 Å². The van der Waals surface area contributed by atoms with Crippen LogP contribution in [0.5, 0.6) is 0 Å². The summed E-state index contributed by atoms with van der Waals surface area (Å²) in [6, 6.07) is -0.737. The van der Waals surface area contributed by atoms with E-state index in [1.807, 2.05) is 0 Å². The molecule has 0 aromatic heterocycles. The fourth-order valence-corrected chi connectivity index (χ4v) is 1.05. The van der Waals surface area contributed by atoms with Gasteiger partial charge in [-0.2, -0.15) is 0 Å². The summed E-state index contributed by atoms with van der Waals surface area (Å²) < 4.78 is 0. The van der Waals surface area contributed by atoms with Gasteiger partial charge < -0.3 is 20.8 Å². The van der Waals surface area contributed by atoms with E-state index in [2.05, 4.69) is 9.88 Å². The zero-order valence-corrected chi connectivity index (χ0v) is 7.94. The van der Waals surface area contributed by atoms with Gasteiger partial charge in [-0.25, -0.2) is 30.8 Å². The van der Waals surface area contributed by atoms with Gasteiger partial charge in [0.15, 0.2) is 0 Å². The standard InChI is InChI=1S/C5H10N4O6/c1-6(10)14-7(11)3-2-5-4-8(12)15-9(5)13/h5H,2-4H2,1H3/q-4. The van der Waals surface area contributed by atoms with E-state index in [0.29, 0.717) is 0 Å². The normalized spacial score (nSPS) is 24.6. The Labute approximate surface area is 85.3 Å². The molecule has 0 radical (unpaired) electrons. The Morgan fingerprint density at radius 1 is 1.47 bits per heavy atom. The summed E-state index contributed by atoms with van der Waals surface area (Å²) >= 11 is 0. The molecule has 0 aromatic rings. The molecule has 0 bridgehead atoms. The topological polar surface area (TPSA) is 124 Å². The lowest BCUT2D eigenvalue weighted by Gasteiger charge is -2.35. The highest BCUT2D eigenvalue weighted by Crippen LogP contribution is 2.15. The summed E-state index contributed by atoms with van der Waals surface area (Å²) in [5, 5.41) is 42.7. The molecule has 0 aromatic carbocycles. The highest BCUT2D eigenvalue weighted by Gasteiger charge is 2.20. The van der Waals surface area contributed by atoms with Gasteiger partial charge >= 0.3 is 0 Å². The van der Waals surface area contributed by atoms with Crippen LogP contribution in [0.1, 0.15) is 6.42 Å². The summed E-state index contributed by atoms with van der Waals surface area (Å²) in [6.45, 7) is -0.363. The fourth-order valence-electron chi connectivity index (χ4n) is 1.05. The zero-order valence-electron chi connectivity index (χ0n) is 7.94. The van der Waals surface area contributed by atoms with Crippen molar-refractivity contribution in [3.05, 3.63) is 20.8 Å². The van der Waals surface area contributed by atoms with Gasteiger partial charge in [0.05, 0.1) is 0 Å². The maximum Gasteiger partial charge on any atom is 0.0391 e. The van der Waals surface area contributed by atoms with E-state index in [1.165, 1.54) is 0 Å². The van der Waals surface area contributed by atoms with Gasteiger partial charge in [-0.1, -0.05) is 0 Å². The first kappa shape index (κ1) is 12.7. The van der Waals surface area contributed by atoms with Crippen molar-refractivity contribution in [1.29, 1.82) is 0 Å². The van der Waals surface area contributed by atoms with Crippen LogP contribution >= 0.6 is 0 Å². The van der Waals surface area contributed by atoms with Gasteiger partial charge in [0, 0.05) is 26.2 Å². The number of hydrogen-bond donors (Lipinski definition) is 0. The third-order valence-electron chi connectivity index (χ3n) is 1.68. The molecule has 1 rings (SSSR count). The molecule has 0 saturated carbocycles. The van der Waals surface area contributed by atoms with Crippen LogP contribution < -0.4 is 0 Å². The maximum atomic E-state index is 10.8. The molecule has 1 atom stereocenters. The van der Waals surface area contributed by atoms with Crippen LogP contribution in [0.15, 0.2) is 0 Å². The molecule has 15 heavy (non-hydrogen) atoms. The van der Waals surface area contributed by atoms with Gasteiger partial charge in [0.2, 0.25) is 0 Å². The molecule has 1 saturated heterocycles. The average Bonchev–Trinajstić information content (AvgIpc) is 2.40. The van der Waals surface area contributed by atoms with E-state index >= 15 is 0 Å². The van der Waals surface area contributed by atoms with Crippen molar-refractivity contribution in [3.63, 3.8) is 0 Å². The van der Waals surface area contributed by atoms with Crippen molar-refractivity contribution in [2.24, 2.45) is 0 Å². The SMILES string of the molecule is CN([O-])ON([O-])CCC1CN([O-])ON1[O-]. The zero-order chi connectivity index (χ0) is 11.4. The molecule has 1 unspecified atom stereocenters.